The number of hydrogen-bond donors (Lipinski definition) is 0. The smallest absolute Gasteiger partial charge is 0.203 e. The molecule has 0 atom stereocenters. The Morgan fingerprint density at radius 1 is 1.25 bits per heavy atom. The number of carbonyl (C=O) groups excluding carboxylic acids is 1. The first-order chi connectivity index (χ1) is 7.86. The molecule has 1 aliphatic rings. The van der Waals surface area contributed by atoms with Crippen LogP contribution in [0.1, 0.15) is 42.6 Å². The van der Waals surface area contributed by atoms with E-state index >= 15 is 0 Å². The van der Waals surface area contributed by atoms with Crippen LogP contribution in [-0.4, -0.2) is 10.8 Å². The highest BCUT2D eigenvalue weighted by molar-refractivity contribution is 6.02. The largest absolute Gasteiger partial charge is 0.288 e. The van der Waals surface area contributed by atoms with Gasteiger partial charge in [-0.2, -0.15) is 0 Å². The molecule has 0 aliphatic heterocycles. The van der Waals surface area contributed by atoms with Gasteiger partial charge in [0.15, 0.2) is 0 Å². The molecule has 2 nitrogen and oxygen atoms in total. The maximum Gasteiger partial charge on any atom is 0.203 e. The van der Waals surface area contributed by atoms with Crippen LogP contribution in [0.2, 0.25) is 0 Å². The average molecular weight is 215 g/mol. The highest BCUT2D eigenvalue weighted by Gasteiger charge is 2.10. The Hall–Kier alpha value is -1.44. The van der Waals surface area contributed by atoms with Crippen molar-refractivity contribution in [2.24, 2.45) is 5.92 Å². The van der Waals surface area contributed by atoms with Crippen molar-refractivity contribution in [3.05, 3.63) is 42.2 Å². The van der Waals surface area contributed by atoms with Crippen molar-refractivity contribution in [2.75, 3.05) is 0 Å². The summed E-state index contributed by atoms with van der Waals surface area (Å²) in [5, 5.41) is 0. The minimum atomic E-state index is 0.0196. The number of pyridine rings is 1. The van der Waals surface area contributed by atoms with Gasteiger partial charge in [-0.05, 0) is 37.0 Å². The SMILES string of the molecule is O=C(/C=C/C1CCCCC1)c1ccccn1. The number of hydrogen-bond acceptors (Lipinski definition) is 2. The molecule has 1 aliphatic carbocycles. The molecule has 2 rings (SSSR count). The standard InChI is InChI=1S/C14H17NO/c16-14(13-8-4-5-11-15-13)10-9-12-6-2-1-3-7-12/h4-5,8-12H,1-3,6-7H2/b10-9+. The van der Waals surface area contributed by atoms with Gasteiger partial charge in [-0.25, -0.2) is 0 Å². The summed E-state index contributed by atoms with van der Waals surface area (Å²) in [6.07, 6.45) is 11.8. The van der Waals surface area contributed by atoms with Crippen LogP contribution in [0.25, 0.3) is 0 Å². The molecular formula is C14H17NO. The normalized spacial score (nSPS) is 17.8. The Morgan fingerprint density at radius 3 is 2.75 bits per heavy atom. The van der Waals surface area contributed by atoms with Gasteiger partial charge in [0.25, 0.3) is 0 Å². The number of allylic oxidation sites excluding steroid dienone is 2. The number of carbonyl (C=O) groups is 1. The van der Waals surface area contributed by atoms with Crippen LogP contribution in [0.5, 0.6) is 0 Å². The topological polar surface area (TPSA) is 30.0 Å². The highest BCUT2D eigenvalue weighted by Crippen LogP contribution is 2.24. The van der Waals surface area contributed by atoms with E-state index in [1.54, 1.807) is 18.3 Å². The van der Waals surface area contributed by atoms with E-state index in [9.17, 15) is 4.79 Å². The van der Waals surface area contributed by atoms with Crippen LogP contribution in [-0.2, 0) is 0 Å². The number of nitrogens with zero attached hydrogens (tertiary/aromatic N) is 1. The van der Waals surface area contributed by atoms with E-state index in [1.807, 2.05) is 12.1 Å². The van der Waals surface area contributed by atoms with Crippen molar-refractivity contribution < 1.29 is 4.79 Å². The van der Waals surface area contributed by atoms with E-state index in [0.29, 0.717) is 11.6 Å². The molecule has 1 fully saturated rings. The maximum absolute atomic E-state index is 11.7. The molecule has 84 valence electrons. The van der Waals surface area contributed by atoms with Crippen LogP contribution >= 0.6 is 0 Å². The minimum absolute atomic E-state index is 0.0196. The summed E-state index contributed by atoms with van der Waals surface area (Å²) in [4.78, 5) is 15.8. The monoisotopic (exact) mass is 215 g/mol. The minimum Gasteiger partial charge on any atom is -0.288 e. The summed E-state index contributed by atoms with van der Waals surface area (Å²) in [6.45, 7) is 0. The summed E-state index contributed by atoms with van der Waals surface area (Å²) in [6, 6.07) is 5.42. The van der Waals surface area contributed by atoms with Gasteiger partial charge in [-0.3, -0.25) is 9.78 Å². The molecular weight excluding hydrogens is 198 g/mol. The first kappa shape index (κ1) is 11.1. The molecule has 2 heteroatoms. The van der Waals surface area contributed by atoms with Crippen LogP contribution in [0.3, 0.4) is 0 Å². The number of aromatic nitrogens is 1. The lowest BCUT2D eigenvalue weighted by atomic mass is 9.89. The van der Waals surface area contributed by atoms with Crippen LogP contribution < -0.4 is 0 Å². The first-order valence-corrected chi connectivity index (χ1v) is 6.00. The fourth-order valence-corrected chi connectivity index (χ4v) is 2.14. The average Bonchev–Trinajstić information content (AvgIpc) is 2.38. The Morgan fingerprint density at radius 2 is 2.06 bits per heavy atom. The van der Waals surface area contributed by atoms with Gasteiger partial charge in [-0.1, -0.05) is 31.4 Å². The van der Waals surface area contributed by atoms with Crippen LogP contribution in [0, 0.1) is 5.92 Å². The van der Waals surface area contributed by atoms with Gasteiger partial charge in [0.05, 0.1) is 0 Å². The molecule has 0 unspecified atom stereocenters. The second kappa shape index (κ2) is 5.59. The molecule has 1 saturated carbocycles. The molecule has 16 heavy (non-hydrogen) atoms. The Labute approximate surface area is 96.4 Å². The Bertz CT molecular complexity index is 364. The molecule has 0 aromatic carbocycles. The van der Waals surface area contributed by atoms with Gasteiger partial charge in [0.2, 0.25) is 5.78 Å². The van der Waals surface area contributed by atoms with E-state index in [0.717, 1.165) is 0 Å². The summed E-state index contributed by atoms with van der Waals surface area (Å²) in [5.41, 5.74) is 0.537. The highest BCUT2D eigenvalue weighted by atomic mass is 16.1. The molecule has 0 N–H and O–H groups in total. The molecule has 1 aromatic heterocycles. The van der Waals surface area contributed by atoms with Crippen LogP contribution in [0.4, 0.5) is 0 Å². The molecule has 0 radical (unpaired) electrons. The van der Waals surface area contributed by atoms with E-state index in [-0.39, 0.29) is 5.78 Å². The third kappa shape index (κ3) is 3.02. The second-order valence-corrected chi connectivity index (χ2v) is 4.34. The van der Waals surface area contributed by atoms with Crippen LogP contribution in [0.15, 0.2) is 36.5 Å². The van der Waals surface area contributed by atoms with E-state index in [1.165, 1.54) is 32.1 Å². The summed E-state index contributed by atoms with van der Waals surface area (Å²) >= 11 is 0. The summed E-state index contributed by atoms with van der Waals surface area (Å²) in [7, 11) is 0. The van der Waals surface area contributed by atoms with Gasteiger partial charge >= 0.3 is 0 Å². The zero-order valence-electron chi connectivity index (χ0n) is 9.43. The molecule has 0 saturated heterocycles. The van der Waals surface area contributed by atoms with E-state index < -0.39 is 0 Å². The Balaban J connectivity index is 1.94. The third-order valence-corrected chi connectivity index (χ3v) is 3.09. The second-order valence-electron chi connectivity index (χ2n) is 4.34. The lowest BCUT2D eigenvalue weighted by molar-refractivity contribution is 0.104. The van der Waals surface area contributed by atoms with Crippen molar-refractivity contribution in [3.63, 3.8) is 0 Å². The predicted molar refractivity (Wildman–Crippen MR) is 64.3 cm³/mol. The lowest BCUT2D eigenvalue weighted by Crippen LogP contribution is -2.04. The zero-order chi connectivity index (χ0) is 11.2. The quantitative estimate of drug-likeness (QED) is 0.571. The summed E-state index contributed by atoms with van der Waals surface area (Å²) in [5.74, 6) is 0.618. The molecule has 0 spiro atoms. The third-order valence-electron chi connectivity index (χ3n) is 3.09. The van der Waals surface area contributed by atoms with Crippen molar-refractivity contribution in [1.82, 2.24) is 4.98 Å². The Kier molecular flexibility index (Phi) is 3.86. The van der Waals surface area contributed by atoms with E-state index in [2.05, 4.69) is 11.1 Å². The van der Waals surface area contributed by atoms with Gasteiger partial charge in [0.1, 0.15) is 5.69 Å². The van der Waals surface area contributed by atoms with Gasteiger partial charge in [-0.15, -0.1) is 0 Å². The molecule has 0 amide bonds. The van der Waals surface area contributed by atoms with Gasteiger partial charge < -0.3 is 0 Å². The van der Waals surface area contributed by atoms with Crippen molar-refractivity contribution in [1.29, 1.82) is 0 Å². The first-order valence-electron chi connectivity index (χ1n) is 6.00. The molecule has 1 heterocycles. The predicted octanol–water partition coefficient (Wildman–Crippen LogP) is 3.40. The summed E-state index contributed by atoms with van der Waals surface area (Å²) < 4.78 is 0. The fraction of sp³-hybridized carbons (Fsp3) is 0.429. The number of ketones is 1. The fourth-order valence-electron chi connectivity index (χ4n) is 2.14. The van der Waals surface area contributed by atoms with Gasteiger partial charge in [0, 0.05) is 6.20 Å². The lowest BCUT2D eigenvalue weighted by Gasteiger charge is -2.17. The molecule has 0 bridgehead atoms. The number of rotatable bonds is 3. The van der Waals surface area contributed by atoms with Crippen molar-refractivity contribution >= 4 is 5.78 Å². The maximum atomic E-state index is 11.7. The van der Waals surface area contributed by atoms with Crippen molar-refractivity contribution in [2.45, 2.75) is 32.1 Å². The van der Waals surface area contributed by atoms with E-state index in [4.69, 9.17) is 0 Å². The van der Waals surface area contributed by atoms with Crippen molar-refractivity contribution in [3.8, 4) is 0 Å². The molecule has 1 aromatic rings. The zero-order valence-corrected chi connectivity index (χ0v) is 9.43.